The second-order valence-electron chi connectivity index (χ2n) is 2.32. The molecule has 0 fully saturated rings. The zero-order chi connectivity index (χ0) is 8.20. The zero-order valence-electron chi connectivity index (χ0n) is 5.91. The molecule has 62 valence electrons. The number of hydrogen-bond acceptors (Lipinski definition) is 1. The van der Waals surface area contributed by atoms with E-state index in [4.69, 9.17) is 5.73 Å². The van der Waals surface area contributed by atoms with Crippen LogP contribution in [0.4, 0.5) is 13.2 Å². The highest BCUT2D eigenvalue weighted by atomic mass is 19.4. The van der Waals surface area contributed by atoms with E-state index in [-0.39, 0.29) is 12.5 Å². The zero-order valence-corrected chi connectivity index (χ0v) is 5.91. The van der Waals surface area contributed by atoms with E-state index in [9.17, 15) is 13.2 Å². The second kappa shape index (κ2) is 3.81. The molecule has 0 aliphatic rings. The molecule has 0 saturated heterocycles. The van der Waals surface area contributed by atoms with Gasteiger partial charge in [0, 0.05) is 12.5 Å². The average Bonchev–Trinajstić information content (AvgIpc) is 1.81. The molecule has 0 spiro atoms. The lowest BCUT2D eigenvalue weighted by molar-refractivity contribution is -0.136. The Labute approximate surface area is 58.4 Å². The molecule has 0 aliphatic carbocycles. The highest BCUT2D eigenvalue weighted by Gasteiger charge is 2.26. The molecule has 0 aromatic heterocycles. The molecule has 0 radical (unpaired) electrons. The Hall–Kier alpha value is -0.250. The van der Waals surface area contributed by atoms with Gasteiger partial charge in [-0.05, 0) is 12.8 Å². The number of hydrogen-bond donors (Lipinski definition) is 1. The number of nitrogens with two attached hydrogens (primary N) is 1. The molecule has 0 rings (SSSR count). The summed E-state index contributed by atoms with van der Waals surface area (Å²) in [4.78, 5) is 0. The van der Waals surface area contributed by atoms with Gasteiger partial charge in [-0.1, -0.05) is 6.92 Å². The molecular formula is C6H12F3N. The third kappa shape index (κ3) is 5.88. The third-order valence-electron chi connectivity index (χ3n) is 1.32. The quantitative estimate of drug-likeness (QED) is 0.663. The molecule has 0 aromatic carbocycles. The van der Waals surface area contributed by atoms with Crippen molar-refractivity contribution >= 4 is 0 Å². The average molecular weight is 155 g/mol. The second-order valence-corrected chi connectivity index (χ2v) is 2.32. The van der Waals surface area contributed by atoms with Crippen LogP contribution in [-0.2, 0) is 0 Å². The van der Waals surface area contributed by atoms with Crippen molar-refractivity contribution < 1.29 is 13.2 Å². The van der Waals surface area contributed by atoms with Gasteiger partial charge in [0.05, 0.1) is 0 Å². The van der Waals surface area contributed by atoms with Gasteiger partial charge < -0.3 is 5.73 Å². The van der Waals surface area contributed by atoms with Gasteiger partial charge in [-0.15, -0.1) is 0 Å². The minimum absolute atomic E-state index is 0.0417. The van der Waals surface area contributed by atoms with Crippen LogP contribution in [0.2, 0.25) is 0 Å². The van der Waals surface area contributed by atoms with Crippen LogP contribution >= 0.6 is 0 Å². The lowest BCUT2D eigenvalue weighted by Crippen LogP contribution is -2.21. The summed E-state index contributed by atoms with van der Waals surface area (Å²) in [7, 11) is 0. The first-order valence-electron chi connectivity index (χ1n) is 3.28. The van der Waals surface area contributed by atoms with Crippen molar-refractivity contribution in [2.75, 3.05) is 0 Å². The Kier molecular flexibility index (Phi) is 3.71. The molecule has 0 amide bonds. The van der Waals surface area contributed by atoms with Gasteiger partial charge in [-0.3, -0.25) is 0 Å². The van der Waals surface area contributed by atoms with Crippen LogP contribution in [0.15, 0.2) is 0 Å². The monoisotopic (exact) mass is 155 g/mol. The van der Waals surface area contributed by atoms with E-state index in [1.54, 1.807) is 6.92 Å². The molecule has 0 saturated carbocycles. The summed E-state index contributed by atoms with van der Waals surface area (Å²) in [6, 6.07) is -0.304. The summed E-state index contributed by atoms with van der Waals surface area (Å²) >= 11 is 0. The van der Waals surface area contributed by atoms with E-state index in [0.717, 1.165) is 0 Å². The van der Waals surface area contributed by atoms with Gasteiger partial charge in [0.25, 0.3) is 0 Å². The number of rotatable bonds is 3. The fourth-order valence-electron chi connectivity index (χ4n) is 0.553. The van der Waals surface area contributed by atoms with E-state index >= 15 is 0 Å². The summed E-state index contributed by atoms with van der Waals surface area (Å²) < 4.78 is 34.5. The van der Waals surface area contributed by atoms with Crippen LogP contribution < -0.4 is 5.73 Å². The van der Waals surface area contributed by atoms with Crippen molar-refractivity contribution in [2.24, 2.45) is 5.73 Å². The Morgan fingerprint density at radius 3 is 2.20 bits per heavy atom. The van der Waals surface area contributed by atoms with Gasteiger partial charge in [-0.2, -0.15) is 13.2 Å². The molecule has 2 N–H and O–H groups in total. The molecule has 4 heteroatoms. The molecule has 1 nitrogen and oxygen atoms in total. The molecule has 0 heterocycles. The van der Waals surface area contributed by atoms with Crippen LogP contribution in [0, 0.1) is 0 Å². The Balaban J connectivity index is 3.36. The topological polar surface area (TPSA) is 26.0 Å². The van der Waals surface area contributed by atoms with E-state index in [2.05, 4.69) is 0 Å². The van der Waals surface area contributed by atoms with Crippen molar-refractivity contribution in [3.63, 3.8) is 0 Å². The largest absolute Gasteiger partial charge is 0.389 e. The van der Waals surface area contributed by atoms with Gasteiger partial charge >= 0.3 is 6.18 Å². The van der Waals surface area contributed by atoms with Crippen LogP contribution in [0.3, 0.4) is 0 Å². The summed E-state index contributed by atoms with van der Waals surface area (Å²) in [6.45, 7) is 1.78. The van der Waals surface area contributed by atoms with Crippen LogP contribution in [-0.4, -0.2) is 12.2 Å². The van der Waals surface area contributed by atoms with Crippen LogP contribution in [0.5, 0.6) is 0 Å². The fraction of sp³-hybridized carbons (Fsp3) is 1.00. The highest BCUT2D eigenvalue weighted by molar-refractivity contribution is 4.61. The standard InChI is InChI=1S/C6H12F3N/c1-2-5(10)3-4-6(7,8)9/h5H,2-4,10H2,1H3. The van der Waals surface area contributed by atoms with Crippen molar-refractivity contribution in [3.05, 3.63) is 0 Å². The molecule has 1 atom stereocenters. The Morgan fingerprint density at radius 2 is 1.90 bits per heavy atom. The fourth-order valence-corrected chi connectivity index (χ4v) is 0.553. The maximum Gasteiger partial charge on any atom is 0.389 e. The van der Waals surface area contributed by atoms with Crippen molar-refractivity contribution in [3.8, 4) is 0 Å². The smallest absolute Gasteiger partial charge is 0.328 e. The molecule has 1 unspecified atom stereocenters. The third-order valence-corrected chi connectivity index (χ3v) is 1.32. The summed E-state index contributed by atoms with van der Waals surface area (Å²) in [5.74, 6) is 0. The lowest BCUT2D eigenvalue weighted by atomic mass is 10.1. The maximum absolute atomic E-state index is 11.5. The molecule has 0 aromatic rings. The van der Waals surface area contributed by atoms with Crippen molar-refractivity contribution in [1.29, 1.82) is 0 Å². The maximum atomic E-state index is 11.5. The first-order valence-corrected chi connectivity index (χ1v) is 3.28. The van der Waals surface area contributed by atoms with Crippen molar-refractivity contribution in [1.82, 2.24) is 0 Å². The van der Waals surface area contributed by atoms with Gasteiger partial charge in [0.1, 0.15) is 0 Å². The lowest BCUT2D eigenvalue weighted by Gasteiger charge is -2.09. The minimum Gasteiger partial charge on any atom is -0.328 e. The van der Waals surface area contributed by atoms with Crippen LogP contribution in [0.25, 0.3) is 0 Å². The predicted octanol–water partition coefficient (Wildman–Crippen LogP) is 2.07. The number of halogens is 3. The first kappa shape index (κ1) is 9.75. The SMILES string of the molecule is CCC(N)CCC(F)(F)F. The highest BCUT2D eigenvalue weighted by Crippen LogP contribution is 2.22. The summed E-state index contributed by atoms with van der Waals surface area (Å²) in [5.41, 5.74) is 5.28. The van der Waals surface area contributed by atoms with E-state index < -0.39 is 12.6 Å². The normalized spacial score (nSPS) is 15.3. The first-order chi connectivity index (χ1) is 4.45. The van der Waals surface area contributed by atoms with Crippen molar-refractivity contribution in [2.45, 2.75) is 38.4 Å². The number of alkyl halides is 3. The summed E-state index contributed by atoms with van der Waals surface area (Å²) in [6.07, 6.45) is -4.16. The summed E-state index contributed by atoms with van der Waals surface area (Å²) in [5, 5.41) is 0. The minimum atomic E-state index is -4.05. The van der Waals surface area contributed by atoms with E-state index in [0.29, 0.717) is 6.42 Å². The van der Waals surface area contributed by atoms with Crippen LogP contribution in [0.1, 0.15) is 26.2 Å². The predicted molar refractivity (Wildman–Crippen MR) is 33.6 cm³/mol. The molecular weight excluding hydrogens is 143 g/mol. The molecule has 0 bridgehead atoms. The van der Waals surface area contributed by atoms with E-state index in [1.807, 2.05) is 0 Å². The molecule has 10 heavy (non-hydrogen) atoms. The molecule has 0 aliphatic heterocycles. The van der Waals surface area contributed by atoms with Gasteiger partial charge in [0.2, 0.25) is 0 Å². The van der Waals surface area contributed by atoms with Gasteiger partial charge in [0.15, 0.2) is 0 Å². The Bertz CT molecular complexity index is 89.5. The van der Waals surface area contributed by atoms with E-state index in [1.165, 1.54) is 0 Å². The Morgan fingerprint density at radius 1 is 1.40 bits per heavy atom. The van der Waals surface area contributed by atoms with Gasteiger partial charge in [-0.25, -0.2) is 0 Å².